The fourth-order valence-electron chi connectivity index (χ4n) is 1.99. The third kappa shape index (κ3) is 1.95. The van der Waals surface area contributed by atoms with Gasteiger partial charge in [-0.05, 0) is 6.07 Å². The Labute approximate surface area is 114 Å². The summed E-state index contributed by atoms with van der Waals surface area (Å²) in [5.74, 6) is 0. The van der Waals surface area contributed by atoms with Gasteiger partial charge in [-0.15, -0.1) is 0 Å². The molecule has 0 aliphatic carbocycles. The van der Waals surface area contributed by atoms with Gasteiger partial charge in [0.25, 0.3) is 0 Å². The summed E-state index contributed by atoms with van der Waals surface area (Å²) in [6.45, 7) is 0. The van der Waals surface area contributed by atoms with Crippen LogP contribution in [0.3, 0.4) is 0 Å². The first-order chi connectivity index (χ1) is 9.83. The van der Waals surface area contributed by atoms with E-state index in [0.29, 0.717) is 5.69 Å². The summed E-state index contributed by atoms with van der Waals surface area (Å²) in [6, 6.07) is 1.90. The Kier molecular flexibility index (Phi) is 3.00. The zero-order chi connectivity index (χ0) is 13.9. The lowest BCUT2D eigenvalue weighted by atomic mass is 10.2. The van der Waals surface area contributed by atoms with Crippen LogP contribution in [-0.4, -0.2) is 38.1 Å². The highest BCUT2D eigenvalue weighted by atomic mass is 15.2. The summed E-state index contributed by atoms with van der Waals surface area (Å²) in [5.41, 5.74) is 9.65. The van der Waals surface area contributed by atoms with Gasteiger partial charge in [0.15, 0.2) is 0 Å². The summed E-state index contributed by atoms with van der Waals surface area (Å²) < 4.78 is 1.76. The molecule has 0 radical (unpaired) electrons. The number of aliphatic imine (C=N–C) groups is 1. The molecule has 0 saturated heterocycles. The van der Waals surface area contributed by atoms with Crippen molar-refractivity contribution in [3.05, 3.63) is 42.7 Å². The Morgan fingerprint density at radius 3 is 3.10 bits per heavy atom. The zero-order valence-electron chi connectivity index (χ0n) is 10.9. The van der Waals surface area contributed by atoms with E-state index in [1.165, 1.54) is 6.20 Å². The average Bonchev–Trinajstić information content (AvgIpc) is 3.14. The first kappa shape index (κ1) is 12.1. The molecule has 0 aliphatic heterocycles. The lowest BCUT2D eigenvalue weighted by Gasteiger charge is -2.06. The van der Waals surface area contributed by atoms with Crippen LogP contribution in [0.15, 0.2) is 42.0 Å². The summed E-state index contributed by atoms with van der Waals surface area (Å²) in [4.78, 5) is 8.63. The molecule has 3 aromatic heterocycles. The molecule has 100 valence electrons. The number of allylic oxidation sites excluding steroid dienone is 1. The first-order valence-electron chi connectivity index (χ1n) is 6.01. The minimum Gasteiger partial charge on any atom is -0.404 e. The second-order valence-corrected chi connectivity index (χ2v) is 4.13. The van der Waals surface area contributed by atoms with E-state index >= 15 is 0 Å². The van der Waals surface area contributed by atoms with Gasteiger partial charge < -0.3 is 5.73 Å². The standard InChI is InChI=1S/C13H13N7/c1-15-5-9(4-14)11-8-20-12(2-3-18-20)13(19-11)10-6-16-17-7-10/h2-8H,14H2,1H3,(H,16,17). The van der Waals surface area contributed by atoms with E-state index < -0.39 is 0 Å². The van der Waals surface area contributed by atoms with E-state index in [9.17, 15) is 0 Å². The van der Waals surface area contributed by atoms with Crippen LogP contribution < -0.4 is 5.73 Å². The van der Waals surface area contributed by atoms with Gasteiger partial charge in [0.2, 0.25) is 0 Å². The molecule has 0 aliphatic rings. The smallest absolute Gasteiger partial charge is 0.0999 e. The van der Waals surface area contributed by atoms with Crippen molar-refractivity contribution in [1.82, 2.24) is 24.8 Å². The van der Waals surface area contributed by atoms with Gasteiger partial charge in [-0.25, -0.2) is 9.50 Å². The van der Waals surface area contributed by atoms with E-state index in [1.807, 2.05) is 12.3 Å². The molecule has 7 nitrogen and oxygen atoms in total. The van der Waals surface area contributed by atoms with Crippen molar-refractivity contribution in [3.63, 3.8) is 0 Å². The van der Waals surface area contributed by atoms with Crippen LogP contribution in [0.2, 0.25) is 0 Å². The van der Waals surface area contributed by atoms with Crippen LogP contribution in [0.1, 0.15) is 5.69 Å². The number of hydrogen-bond acceptors (Lipinski definition) is 5. The van der Waals surface area contributed by atoms with Crippen molar-refractivity contribution in [3.8, 4) is 11.3 Å². The third-order valence-electron chi connectivity index (χ3n) is 2.90. The molecule has 0 unspecified atom stereocenters. The van der Waals surface area contributed by atoms with Crippen molar-refractivity contribution >= 4 is 17.3 Å². The van der Waals surface area contributed by atoms with E-state index in [0.717, 1.165) is 22.3 Å². The maximum atomic E-state index is 5.64. The van der Waals surface area contributed by atoms with Crippen molar-refractivity contribution in [2.75, 3.05) is 7.05 Å². The summed E-state index contributed by atoms with van der Waals surface area (Å²) >= 11 is 0. The van der Waals surface area contributed by atoms with E-state index in [2.05, 4.69) is 25.3 Å². The molecule has 3 rings (SSSR count). The van der Waals surface area contributed by atoms with Crippen LogP contribution in [0.5, 0.6) is 0 Å². The molecular formula is C13H13N7. The molecule has 0 spiro atoms. The summed E-state index contributed by atoms with van der Waals surface area (Å²) in [6.07, 6.45) is 10.2. The minimum absolute atomic E-state index is 0.700. The predicted molar refractivity (Wildman–Crippen MR) is 77.1 cm³/mol. The normalized spacial score (nSPS) is 12.6. The van der Waals surface area contributed by atoms with Gasteiger partial charge in [0.1, 0.15) is 0 Å². The molecule has 3 N–H and O–H groups in total. The summed E-state index contributed by atoms with van der Waals surface area (Å²) in [7, 11) is 1.69. The Bertz CT molecular complexity index is 780. The molecule has 0 aromatic carbocycles. The predicted octanol–water partition coefficient (Wildman–Crippen LogP) is 1.12. The van der Waals surface area contributed by atoms with Crippen LogP contribution in [-0.2, 0) is 0 Å². The average molecular weight is 267 g/mol. The maximum absolute atomic E-state index is 5.64. The highest BCUT2D eigenvalue weighted by Crippen LogP contribution is 2.23. The molecule has 7 heteroatoms. The van der Waals surface area contributed by atoms with Gasteiger partial charge in [-0.2, -0.15) is 10.2 Å². The highest BCUT2D eigenvalue weighted by molar-refractivity contribution is 6.09. The molecule has 0 fully saturated rings. The Morgan fingerprint density at radius 2 is 2.40 bits per heavy atom. The van der Waals surface area contributed by atoms with Gasteiger partial charge in [0.05, 0.1) is 35.5 Å². The number of nitrogens with zero attached hydrogens (tertiary/aromatic N) is 5. The maximum Gasteiger partial charge on any atom is 0.0999 e. The van der Waals surface area contributed by atoms with Crippen LogP contribution in [0, 0.1) is 0 Å². The van der Waals surface area contributed by atoms with E-state index in [1.54, 1.807) is 36.4 Å². The molecule has 0 bridgehead atoms. The number of aromatic nitrogens is 5. The lowest BCUT2D eigenvalue weighted by molar-refractivity contribution is 0.942. The Morgan fingerprint density at radius 1 is 1.50 bits per heavy atom. The Hall–Kier alpha value is -2.96. The number of aromatic amines is 1. The molecule has 0 atom stereocenters. The quantitative estimate of drug-likeness (QED) is 0.695. The molecule has 0 saturated carbocycles. The molecule has 3 heterocycles. The second-order valence-electron chi connectivity index (χ2n) is 4.13. The number of nitrogens with two attached hydrogens (primary N) is 1. The minimum atomic E-state index is 0.700. The van der Waals surface area contributed by atoms with Crippen LogP contribution >= 0.6 is 0 Å². The molecule has 0 amide bonds. The lowest BCUT2D eigenvalue weighted by Crippen LogP contribution is -2.01. The Balaban J connectivity index is 2.26. The van der Waals surface area contributed by atoms with Crippen molar-refractivity contribution < 1.29 is 0 Å². The van der Waals surface area contributed by atoms with Gasteiger partial charge >= 0.3 is 0 Å². The largest absolute Gasteiger partial charge is 0.404 e. The fourth-order valence-corrected chi connectivity index (χ4v) is 1.99. The monoisotopic (exact) mass is 267 g/mol. The van der Waals surface area contributed by atoms with Crippen LogP contribution in [0.4, 0.5) is 0 Å². The van der Waals surface area contributed by atoms with Gasteiger partial charge in [0, 0.05) is 36.8 Å². The number of hydrogen-bond donors (Lipinski definition) is 2. The number of rotatable bonds is 3. The van der Waals surface area contributed by atoms with Crippen molar-refractivity contribution in [2.45, 2.75) is 0 Å². The molecule has 3 aromatic rings. The fraction of sp³-hybridized carbons (Fsp3) is 0.0769. The van der Waals surface area contributed by atoms with Gasteiger partial charge in [-0.3, -0.25) is 10.1 Å². The van der Waals surface area contributed by atoms with Crippen molar-refractivity contribution in [2.24, 2.45) is 10.7 Å². The zero-order valence-corrected chi connectivity index (χ0v) is 10.9. The van der Waals surface area contributed by atoms with E-state index in [-0.39, 0.29) is 0 Å². The van der Waals surface area contributed by atoms with E-state index in [4.69, 9.17) is 5.73 Å². The number of H-pyrrole nitrogens is 1. The summed E-state index contributed by atoms with van der Waals surface area (Å²) in [5, 5.41) is 11.0. The van der Waals surface area contributed by atoms with Gasteiger partial charge in [-0.1, -0.05) is 0 Å². The SMILES string of the molecule is CN=CC(=CN)c1cn2nccc2c(-c2cn[nH]c2)n1. The van der Waals surface area contributed by atoms with Crippen molar-refractivity contribution in [1.29, 1.82) is 0 Å². The first-order valence-corrected chi connectivity index (χ1v) is 6.01. The second kappa shape index (κ2) is 4.96. The molecular weight excluding hydrogens is 254 g/mol. The topological polar surface area (TPSA) is 97.2 Å². The van der Waals surface area contributed by atoms with Crippen LogP contribution in [0.25, 0.3) is 22.3 Å². The highest BCUT2D eigenvalue weighted by Gasteiger charge is 2.11. The number of fused-ring (bicyclic) bond motifs is 1. The molecule has 20 heavy (non-hydrogen) atoms. The third-order valence-corrected chi connectivity index (χ3v) is 2.90. The number of nitrogens with one attached hydrogen (secondary N) is 1.